The molecule has 0 fully saturated rings. The van der Waals surface area contributed by atoms with E-state index in [0.29, 0.717) is 17.4 Å². The number of unbranched alkanes of at least 4 members (excludes halogenated alkanes) is 9. The molecular formula is C25H36N2O3. The Morgan fingerprint density at radius 1 is 1.03 bits per heavy atom. The summed E-state index contributed by atoms with van der Waals surface area (Å²) in [6.07, 6.45) is 13.8. The SMILES string of the molecule is C=CCn1c(=O)c(C(=O)NCCCCCCCCCCCC)c(O)c2ccccc21. The zero-order chi connectivity index (χ0) is 21.8. The van der Waals surface area contributed by atoms with Gasteiger partial charge in [0.05, 0.1) is 5.52 Å². The molecule has 5 heteroatoms. The molecule has 0 spiro atoms. The molecule has 2 N–H and O–H groups in total. The second kappa shape index (κ2) is 12.9. The van der Waals surface area contributed by atoms with Crippen molar-refractivity contribution in [2.75, 3.05) is 6.54 Å². The maximum Gasteiger partial charge on any atom is 0.268 e. The number of nitrogens with one attached hydrogen (secondary N) is 1. The summed E-state index contributed by atoms with van der Waals surface area (Å²) in [6.45, 7) is 6.70. The average molecular weight is 413 g/mol. The van der Waals surface area contributed by atoms with Gasteiger partial charge in [-0.2, -0.15) is 0 Å². The zero-order valence-electron chi connectivity index (χ0n) is 18.3. The monoisotopic (exact) mass is 412 g/mol. The quantitative estimate of drug-likeness (QED) is 0.316. The van der Waals surface area contributed by atoms with E-state index >= 15 is 0 Å². The first-order chi connectivity index (χ1) is 14.6. The van der Waals surface area contributed by atoms with E-state index in [4.69, 9.17) is 0 Å². The molecule has 0 unspecified atom stereocenters. The predicted molar refractivity (Wildman–Crippen MR) is 124 cm³/mol. The molecule has 2 rings (SSSR count). The molecule has 30 heavy (non-hydrogen) atoms. The van der Waals surface area contributed by atoms with Gasteiger partial charge in [0.15, 0.2) is 0 Å². The minimum atomic E-state index is -0.517. The van der Waals surface area contributed by atoms with Crippen molar-refractivity contribution in [3.8, 4) is 5.75 Å². The number of hydrogen-bond donors (Lipinski definition) is 2. The van der Waals surface area contributed by atoms with Crippen molar-refractivity contribution in [3.63, 3.8) is 0 Å². The van der Waals surface area contributed by atoms with Crippen molar-refractivity contribution in [3.05, 3.63) is 52.8 Å². The van der Waals surface area contributed by atoms with Gasteiger partial charge in [0.2, 0.25) is 0 Å². The van der Waals surface area contributed by atoms with E-state index in [-0.39, 0.29) is 17.9 Å². The molecule has 1 heterocycles. The second-order valence-electron chi connectivity index (χ2n) is 7.88. The van der Waals surface area contributed by atoms with Crippen molar-refractivity contribution in [1.29, 1.82) is 0 Å². The molecule has 0 aliphatic carbocycles. The summed E-state index contributed by atoms with van der Waals surface area (Å²) in [5.41, 5.74) is -0.0968. The van der Waals surface area contributed by atoms with Gasteiger partial charge < -0.3 is 15.0 Å². The Balaban J connectivity index is 1.86. The normalized spacial score (nSPS) is 11.0. The summed E-state index contributed by atoms with van der Waals surface area (Å²) in [4.78, 5) is 25.5. The molecule has 5 nitrogen and oxygen atoms in total. The summed E-state index contributed by atoms with van der Waals surface area (Å²) >= 11 is 0. The zero-order valence-corrected chi connectivity index (χ0v) is 18.3. The summed E-state index contributed by atoms with van der Waals surface area (Å²) in [6, 6.07) is 7.04. The van der Waals surface area contributed by atoms with Gasteiger partial charge in [-0.15, -0.1) is 6.58 Å². The van der Waals surface area contributed by atoms with Gasteiger partial charge in [-0.25, -0.2) is 0 Å². The minimum Gasteiger partial charge on any atom is -0.506 e. The third-order valence-electron chi connectivity index (χ3n) is 5.50. The molecule has 0 saturated carbocycles. The topological polar surface area (TPSA) is 71.3 Å². The van der Waals surface area contributed by atoms with Crippen LogP contribution >= 0.6 is 0 Å². The summed E-state index contributed by atoms with van der Waals surface area (Å²) < 4.78 is 1.47. The van der Waals surface area contributed by atoms with E-state index in [9.17, 15) is 14.7 Å². The van der Waals surface area contributed by atoms with Crippen LogP contribution < -0.4 is 10.9 Å². The number of aromatic nitrogens is 1. The van der Waals surface area contributed by atoms with Crippen LogP contribution in [0.1, 0.15) is 81.5 Å². The minimum absolute atomic E-state index is 0.192. The van der Waals surface area contributed by atoms with Gasteiger partial charge >= 0.3 is 0 Å². The number of carbonyl (C=O) groups is 1. The Hall–Kier alpha value is -2.56. The van der Waals surface area contributed by atoms with E-state index in [0.717, 1.165) is 19.3 Å². The fraction of sp³-hybridized carbons (Fsp3) is 0.520. The van der Waals surface area contributed by atoms with Crippen molar-refractivity contribution < 1.29 is 9.90 Å². The predicted octanol–water partition coefficient (Wildman–Crippen LogP) is 5.54. The Morgan fingerprint density at radius 2 is 1.63 bits per heavy atom. The molecular weight excluding hydrogens is 376 g/mol. The number of rotatable bonds is 14. The van der Waals surface area contributed by atoms with Crippen LogP contribution in [0, 0.1) is 0 Å². The van der Waals surface area contributed by atoms with E-state index in [1.54, 1.807) is 30.3 Å². The highest BCUT2D eigenvalue weighted by Gasteiger charge is 2.21. The maximum absolute atomic E-state index is 12.8. The molecule has 0 atom stereocenters. The van der Waals surface area contributed by atoms with E-state index in [1.165, 1.54) is 49.5 Å². The average Bonchev–Trinajstić information content (AvgIpc) is 2.75. The number of pyridine rings is 1. The highest BCUT2D eigenvalue weighted by molar-refractivity contribution is 6.02. The lowest BCUT2D eigenvalue weighted by Crippen LogP contribution is -2.33. The van der Waals surface area contributed by atoms with Gasteiger partial charge in [0, 0.05) is 18.5 Å². The van der Waals surface area contributed by atoms with E-state index in [1.807, 2.05) is 0 Å². The number of carbonyl (C=O) groups excluding carboxylic acids is 1. The molecule has 1 amide bonds. The first kappa shape index (κ1) is 23.7. The molecule has 0 bridgehead atoms. The number of nitrogens with zero attached hydrogens (tertiary/aromatic N) is 1. The van der Waals surface area contributed by atoms with Crippen LogP contribution in [-0.2, 0) is 6.54 Å². The number of para-hydroxylation sites is 1. The van der Waals surface area contributed by atoms with Crippen LogP contribution in [0.15, 0.2) is 41.7 Å². The maximum atomic E-state index is 12.8. The molecule has 164 valence electrons. The van der Waals surface area contributed by atoms with Crippen LogP contribution in [0.5, 0.6) is 5.75 Å². The first-order valence-electron chi connectivity index (χ1n) is 11.3. The molecule has 0 aliphatic rings. The van der Waals surface area contributed by atoms with Crippen LogP contribution in [-0.4, -0.2) is 22.1 Å². The number of amides is 1. The lowest BCUT2D eigenvalue weighted by atomic mass is 10.1. The largest absolute Gasteiger partial charge is 0.506 e. The fourth-order valence-corrected chi connectivity index (χ4v) is 3.81. The van der Waals surface area contributed by atoms with Gasteiger partial charge in [-0.05, 0) is 18.6 Å². The van der Waals surface area contributed by atoms with Crippen molar-refractivity contribution in [2.24, 2.45) is 0 Å². The van der Waals surface area contributed by atoms with Crippen LogP contribution in [0.2, 0.25) is 0 Å². The van der Waals surface area contributed by atoms with E-state index in [2.05, 4.69) is 18.8 Å². The van der Waals surface area contributed by atoms with Gasteiger partial charge in [-0.1, -0.05) is 82.9 Å². The Bertz CT molecular complexity index is 886. The third kappa shape index (κ3) is 6.48. The third-order valence-corrected chi connectivity index (χ3v) is 5.50. The Labute approximate surface area is 179 Å². The van der Waals surface area contributed by atoms with Crippen molar-refractivity contribution in [2.45, 2.75) is 77.7 Å². The van der Waals surface area contributed by atoms with Crippen LogP contribution in [0.3, 0.4) is 0 Å². The number of hydrogen-bond acceptors (Lipinski definition) is 3. The highest BCUT2D eigenvalue weighted by atomic mass is 16.3. The van der Waals surface area contributed by atoms with Gasteiger partial charge in [-0.3, -0.25) is 9.59 Å². The molecule has 1 aromatic carbocycles. The van der Waals surface area contributed by atoms with Gasteiger partial charge in [0.25, 0.3) is 11.5 Å². The number of aromatic hydroxyl groups is 1. The number of fused-ring (bicyclic) bond motifs is 1. The van der Waals surface area contributed by atoms with Crippen molar-refractivity contribution >= 4 is 16.8 Å². The lowest BCUT2D eigenvalue weighted by Gasteiger charge is -2.13. The molecule has 0 saturated heterocycles. The molecule has 1 aromatic heterocycles. The smallest absolute Gasteiger partial charge is 0.268 e. The molecule has 2 aromatic rings. The highest BCUT2D eigenvalue weighted by Crippen LogP contribution is 2.26. The summed E-state index contributed by atoms with van der Waals surface area (Å²) in [7, 11) is 0. The number of allylic oxidation sites excluding steroid dienone is 1. The molecule has 0 radical (unpaired) electrons. The van der Waals surface area contributed by atoms with E-state index < -0.39 is 11.5 Å². The Morgan fingerprint density at radius 3 is 2.27 bits per heavy atom. The number of benzene rings is 1. The van der Waals surface area contributed by atoms with Crippen molar-refractivity contribution in [1.82, 2.24) is 9.88 Å². The Kier molecular flexibility index (Phi) is 10.2. The lowest BCUT2D eigenvalue weighted by molar-refractivity contribution is 0.0948. The van der Waals surface area contributed by atoms with Crippen LogP contribution in [0.25, 0.3) is 10.9 Å². The molecule has 0 aliphatic heterocycles. The second-order valence-corrected chi connectivity index (χ2v) is 7.88. The summed E-state index contributed by atoms with van der Waals surface area (Å²) in [5.74, 6) is -0.770. The summed E-state index contributed by atoms with van der Waals surface area (Å²) in [5, 5.41) is 13.9. The standard InChI is InChI=1S/C25H36N2O3/c1-3-5-6-7-8-9-10-11-12-15-18-26-24(29)22-23(28)20-16-13-14-17-21(20)27(19-4-2)25(22)30/h4,13-14,16-17,28H,2-3,5-12,15,18-19H2,1H3,(H,26,29). The van der Waals surface area contributed by atoms with Gasteiger partial charge in [0.1, 0.15) is 11.3 Å². The first-order valence-corrected chi connectivity index (χ1v) is 11.3. The fourth-order valence-electron chi connectivity index (χ4n) is 3.81. The van der Waals surface area contributed by atoms with Crippen LogP contribution in [0.4, 0.5) is 0 Å².